The lowest BCUT2D eigenvalue weighted by Gasteiger charge is -2.08. The normalized spacial score (nSPS) is 13.6. The summed E-state index contributed by atoms with van der Waals surface area (Å²) in [5.74, 6) is -0.979. The zero-order valence-electron chi connectivity index (χ0n) is 7.88. The summed E-state index contributed by atoms with van der Waals surface area (Å²) in [4.78, 5) is 10.5. The van der Waals surface area contributed by atoms with Gasteiger partial charge in [0.15, 0.2) is 0 Å². The van der Waals surface area contributed by atoms with Crippen LogP contribution in [0, 0.1) is 0 Å². The molecule has 0 bridgehead atoms. The van der Waals surface area contributed by atoms with Crippen molar-refractivity contribution in [2.24, 2.45) is 5.73 Å². The zero-order valence-corrected chi connectivity index (χ0v) is 11.1. The summed E-state index contributed by atoms with van der Waals surface area (Å²) in [5.41, 5.74) is 4.78. The predicted octanol–water partition coefficient (Wildman–Crippen LogP) is -0.365. The second-order valence-corrected chi connectivity index (χ2v) is 6.56. The number of rotatable bonds is 5. The Hall–Kier alpha value is -0.480. The van der Waals surface area contributed by atoms with Crippen LogP contribution in [-0.4, -0.2) is 32.1 Å². The van der Waals surface area contributed by atoms with Crippen molar-refractivity contribution in [3.8, 4) is 0 Å². The minimum absolute atomic E-state index is 0.0872. The van der Waals surface area contributed by atoms with E-state index in [0.29, 0.717) is 4.47 Å². The molecule has 1 rings (SSSR count). The summed E-state index contributed by atoms with van der Waals surface area (Å²) in [6, 6.07) is 1.59. The van der Waals surface area contributed by atoms with E-state index in [1.54, 1.807) is 11.4 Å². The van der Waals surface area contributed by atoms with E-state index in [0.717, 1.165) is 11.3 Å². The Balaban J connectivity index is 2.75. The zero-order chi connectivity index (χ0) is 12.3. The van der Waals surface area contributed by atoms with Gasteiger partial charge in [0.2, 0.25) is 5.91 Å². The molecule has 16 heavy (non-hydrogen) atoms. The maximum Gasteiger partial charge on any atom is 0.251 e. The van der Waals surface area contributed by atoms with E-state index in [2.05, 4.69) is 20.7 Å². The molecule has 0 fully saturated rings. The third kappa shape index (κ3) is 3.25. The van der Waals surface area contributed by atoms with Gasteiger partial charge in [0.25, 0.3) is 10.0 Å². The van der Waals surface area contributed by atoms with Crippen molar-refractivity contribution in [2.75, 3.05) is 6.54 Å². The van der Waals surface area contributed by atoms with Crippen LogP contribution in [0.25, 0.3) is 0 Å². The number of hydrogen-bond donors (Lipinski definition) is 3. The highest BCUT2D eigenvalue weighted by Gasteiger charge is 2.21. The van der Waals surface area contributed by atoms with Crippen LogP contribution < -0.4 is 10.5 Å². The van der Waals surface area contributed by atoms with Crippen LogP contribution >= 0.6 is 27.3 Å². The van der Waals surface area contributed by atoms with Gasteiger partial charge in [-0.3, -0.25) is 4.79 Å². The molecule has 6 nitrogen and oxygen atoms in total. The van der Waals surface area contributed by atoms with Crippen molar-refractivity contribution < 1.29 is 18.3 Å². The fourth-order valence-corrected chi connectivity index (χ4v) is 4.24. The SMILES string of the molecule is NC(=O)C(O)CNS(=O)(=O)c1sccc1Br. The van der Waals surface area contributed by atoms with E-state index in [1.165, 1.54) is 0 Å². The van der Waals surface area contributed by atoms with E-state index in [1.807, 2.05) is 0 Å². The summed E-state index contributed by atoms with van der Waals surface area (Å²) < 4.78 is 25.9. The fraction of sp³-hybridized carbons (Fsp3) is 0.286. The van der Waals surface area contributed by atoms with Gasteiger partial charge in [0.1, 0.15) is 10.3 Å². The molecule has 1 aromatic heterocycles. The van der Waals surface area contributed by atoms with Crippen LogP contribution in [0.4, 0.5) is 0 Å². The van der Waals surface area contributed by atoms with Crippen LogP contribution in [0.15, 0.2) is 20.1 Å². The number of aliphatic hydroxyl groups excluding tert-OH is 1. The maximum absolute atomic E-state index is 11.6. The Morgan fingerprint density at radius 3 is 2.75 bits per heavy atom. The molecule has 0 aliphatic carbocycles. The van der Waals surface area contributed by atoms with E-state index in [4.69, 9.17) is 10.8 Å². The van der Waals surface area contributed by atoms with Crippen LogP contribution in [0.3, 0.4) is 0 Å². The second-order valence-electron chi connectivity index (χ2n) is 2.83. The molecule has 0 saturated heterocycles. The van der Waals surface area contributed by atoms with E-state index >= 15 is 0 Å². The van der Waals surface area contributed by atoms with Gasteiger partial charge in [-0.1, -0.05) is 0 Å². The molecule has 0 aliphatic rings. The molecule has 0 aromatic carbocycles. The standard InChI is InChI=1S/C7H9BrN2O4S2/c8-4-1-2-15-7(4)16(13,14)10-3-5(11)6(9)12/h1-2,5,10-11H,3H2,(H2,9,12). The molecular weight excluding hydrogens is 320 g/mol. The van der Waals surface area contributed by atoms with Crippen molar-refractivity contribution in [2.45, 2.75) is 10.3 Å². The lowest BCUT2D eigenvalue weighted by atomic mass is 10.3. The topological polar surface area (TPSA) is 109 Å². The third-order valence-electron chi connectivity index (χ3n) is 1.62. The van der Waals surface area contributed by atoms with Crippen molar-refractivity contribution in [1.82, 2.24) is 4.72 Å². The smallest absolute Gasteiger partial charge is 0.251 e. The predicted molar refractivity (Wildman–Crippen MR) is 62.4 cm³/mol. The minimum Gasteiger partial charge on any atom is -0.382 e. The molecule has 0 radical (unpaired) electrons. The van der Waals surface area contributed by atoms with E-state index < -0.39 is 28.6 Å². The Bertz CT molecular complexity index is 484. The summed E-state index contributed by atoms with van der Waals surface area (Å²) in [6.07, 6.45) is -1.53. The number of nitrogens with two attached hydrogens (primary N) is 1. The average Bonchev–Trinajstić information content (AvgIpc) is 2.61. The molecule has 90 valence electrons. The molecule has 9 heteroatoms. The van der Waals surface area contributed by atoms with Crippen LogP contribution in [0.5, 0.6) is 0 Å². The van der Waals surface area contributed by atoms with Gasteiger partial charge in [-0.25, -0.2) is 13.1 Å². The first-order chi connectivity index (χ1) is 7.34. The summed E-state index contributed by atoms with van der Waals surface area (Å²) >= 11 is 4.10. The largest absolute Gasteiger partial charge is 0.382 e. The fourth-order valence-electron chi connectivity index (χ4n) is 0.826. The van der Waals surface area contributed by atoms with Crippen LogP contribution in [0.1, 0.15) is 0 Å². The van der Waals surface area contributed by atoms with Crippen molar-refractivity contribution in [3.05, 3.63) is 15.9 Å². The molecule has 0 spiro atoms. The monoisotopic (exact) mass is 328 g/mol. The number of halogens is 1. The summed E-state index contributed by atoms with van der Waals surface area (Å²) in [7, 11) is -3.72. The molecule has 1 unspecified atom stereocenters. The van der Waals surface area contributed by atoms with Gasteiger partial charge in [-0.05, 0) is 27.4 Å². The number of hydrogen-bond acceptors (Lipinski definition) is 5. The quantitative estimate of drug-likeness (QED) is 0.685. The Morgan fingerprint density at radius 1 is 1.69 bits per heavy atom. The number of carbonyl (C=O) groups excluding carboxylic acids is 1. The first kappa shape index (κ1) is 13.6. The minimum atomic E-state index is -3.72. The lowest BCUT2D eigenvalue weighted by Crippen LogP contribution is -2.39. The highest BCUT2D eigenvalue weighted by molar-refractivity contribution is 9.10. The van der Waals surface area contributed by atoms with E-state index in [9.17, 15) is 13.2 Å². The Morgan fingerprint density at radius 2 is 2.31 bits per heavy atom. The molecule has 1 aromatic rings. The summed E-state index contributed by atoms with van der Waals surface area (Å²) in [5, 5.41) is 10.6. The lowest BCUT2D eigenvalue weighted by molar-refractivity contribution is -0.125. The Labute approximate surface area is 105 Å². The molecular formula is C7H9BrN2O4S2. The molecule has 1 heterocycles. The molecule has 1 amide bonds. The maximum atomic E-state index is 11.6. The highest BCUT2D eigenvalue weighted by Crippen LogP contribution is 2.27. The Kier molecular flexibility index (Phi) is 4.44. The van der Waals surface area contributed by atoms with Crippen molar-refractivity contribution >= 4 is 43.2 Å². The number of sulfonamides is 1. The third-order valence-corrected chi connectivity index (χ3v) is 5.72. The van der Waals surface area contributed by atoms with E-state index in [-0.39, 0.29) is 4.21 Å². The van der Waals surface area contributed by atoms with Crippen molar-refractivity contribution in [1.29, 1.82) is 0 Å². The van der Waals surface area contributed by atoms with Gasteiger partial charge < -0.3 is 10.8 Å². The first-order valence-corrected chi connectivity index (χ1v) is 7.20. The molecule has 1 atom stereocenters. The number of carbonyl (C=O) groups is 1. The van der Waals surface area contributed by atoms with Crippen LogP contribution in [0.2, 0.25) is 0 Å². The van der Waals surface area contributed by atoms with Gasteiger partial charge in [-0.2, -0.15) is 0 Å². The number of primary amides is 1. The molecule has 0 aliphatic heterocycles. The molecule has 4 N–H and O–H groups in total. The average molecular weight is 329 g/mol. The number of amides is 1. The van der Waals surface area contributed by atoms with Gasteiger partial charge in [0, 0.05) is 11.0 Å². The number of aliphatic hydroxyl groups is 1. The first-order valence-electron chi connectivity index (χ1n) is 4.04. The highest BCUT2D eigenvalue weighted by atomic mass is 79.9. The van der Waals surface area contributed by atoms with Gasteiger partial charge in [-0.15, -0.1) is 11.3 Å². The number of thiophene rings is 1. The molecule has 0 saturated carbocycles. The number of nitrogens with one attached hydrogen (secondary N) is 1. The van der Waals surface area contributed by atoms with Gasteiger partial charge in [0.05, 0.1) is 0 Å². The second kappa shape index (κ2) is 5.23. The van der Waals surface area contributed by atoms with Gasteiger partial charge >= 0.3 is 0 Å². The summed E-state index contributed by atoms with van der Waals surface area (Å²) in [6.45, 7) is -0.442. The van der Waals surface area contributed by atoms with Crippen molar-refractivity contribution in [3.63, 3.8) is 0 Å². The van der Waals surface area contributed by atoms with Crippen LogP contribution in [-0.2, 0) is 14.8 Å².